The maximum absolute atomic E-state index is 5.49. The fraction of sp³-hybridized carbons (Fsp3) is 0.571. The number of hydrogen-bond acceptors (Lipinski definition) is 3. The largest absolute Gasteiger partial charge is 0.380 e. The Morgan fingerprint density at radius 3 is 2.71 bits per heavy atom. The number of ether oxygens (including phenoxy) is 1. The van der Waals surface area contributed by atoms with Crippen LogP contribution in [0.15, 0.2) is 29.2 Å². The van der Waals surface area contributed by atoms with Gasteiger partial charge in [0.25, 0.3) is 0 Å². The first-order valence-corrected chi connectivity index (χ1v) is 7.50. The molecular weight excluding hydrogens is 230 g/mol. The van der Waals surface area contributed by atoms with Crippen LogP contribution < -0.4 is 5.32 Å². The molecule has 1 aromatic carbocycles. The summed E-state index contributed by atoms with van der Waals surface area (Å²) in [6, 6.07) is 9.72. The van der Waals surface area contributed by atoms with Crippen LogP contribution in [-0.2, 0) is 4.74 Å². The first-order chi connectivity index (χ1) is 8.29. The average Bonchev–Trinajstić information content (AvgIpc) is 2.40. The molecule has 2 rings (SSSR count). The normalized spacial score (nSPS) is 22.4. The molecule has 0 bridgehead atoms. The van der Waals surface area contributed by atoms with Crippen LogP contribution in [0.25, 0.3) is 0 Å². The van der Waals surface area contributed by atoms with Gasteiger partial charge in [0.05, 0.1) is 6.61 Å². The minimum atomic E-state index is 0.401. The predicted octanol–water partition coefficient (Wildman–Crippen LogP) is 3.24. The molecule has 1 aromatic rings. The summed E-state index contributed by atoms with van der Waals surface area (Å²) in [6.07, 6.45) is 4.51. The molecule has 0 amide bonds. The highest BCUT2D eigenvalue weighted by Gasteiger charge is 2.16. The van der Waals surface area contributed by atoms with Gasteiger partial charge in [0.1, 0.15) is 0 Å². The van der Waals surface area contributed by atoms with Gasteiger partial charge in [-0.3, -0.25) is 0 Å². The van der Waals surface area contributed by atoms with E-state index < -0.39 is 0 Å². The van der Waals surface area contributed by atoms with Gasteiger partial charge in [0.2, 0.25) is 0 Å². The summed E-state index contributed by atoms with van der Waals surface area (Å²) in [6.45, 7) is 4.00. The van der Waals surface area contributed by atoms with Crippen molar-refractivity contribution in [3.8, 4) is 0 Å². The van der Waals surface area contributed by atoms with Crippen LogP contribution in [-0.4, -0.2) is 25.5 Å². The van der Waals surface area contributed by atoms with E-state index in [0.717, 1.165) is 13.2 Å². The summed E-state index contributed by atoms with van der Waals surface area (Å²) < 4.78 is 5.49. The molecule has 0 radical (unpaired) electrons. The molecule has 0 saturated carbocycles. The first kappa shape index (κ1) is 12.9. The monoisotopic (exact) mass is 251 g/mol. The minimum Gasteiger partial charge on any atom is -0.380 e. The van der Waals surface area contributed by atoms with Crippen LogP contribution >= 0.6 is 11.8 Å². The van der Waals surface area contributed by atoms with Crippen LogP contribution in [0.4, 0.5) is 0 Å². The minimum absolute atomic E-state index is 0.401. The molecule has 1 aliphatic heterocycles. The molecule has 0 spiro atoms. The highest BCUT2D eigenvalue weighted by Crippen LogP contribution is 2.20. The van der Waals surface area contributed by atoms with E-state index in [4.69, 9.17) is 4.74 Å². The molecule has 17 heavy (non-hydrogen) atoms. The molecule has 1 unspecified atom stereocenters. The summed E-state index contributed by atoms with van der Waals surface area (Å²) in [5.41, 5.74) is 1.35. The third-order valence-corrected chi connectivity index (χ3v) is 4.01. The van der Waals surface area contributed by atoms with E-state index in [1.165, 1.54) is 23.3 Å². The Morgan fingerprint density at radius 2 is 2.12 bits per heavy atom. The molecule has 1 saturated heterocycles. The van der Waals surface area contributed by atoms with Crippen LogP contribution in [0, 0.1) is 0 Å². The lowest BCUT2D eigenvalue weighted by atomic mass is 10.1. The van der Waals surface area contributed by atoms with Crippen LogP contribution in [0.2, 0.25) is 0 Å². The van der Waals surface area contributed by atoms with E-state index in [1.807, 2.05) is 0 Å². The molecule has 0 aliphatic carbocycles. The van der Waals surface area contributed by atoms with E-state index in [0.29, 0.717) is 12.1 Å². The second-order valence-corrected chi connectivity index (χ2v) is 5.46. The molecule has 1 heterocycles. The zero-order valence-electron chi connectivity index (χ0n) is 10.6. The molecule has 1 aliphatic rings. The van der Waals surface area contributed by atoms with Crippen molar-refractivity contribution in [3.63, 3.8) is 0 Å². The number of nitrogens with one attached hydrogen (secondary N) is 1. The summed E-state index contributed by atoms with van der Waals surface area (Å²) in [5.74, 6) is 0. The molecule has 1 N–H and O–H groups in total. The van der Waals surface area contributed by atoms with Gasteiger partial charge in [0.15, 0.2) is 0 Å². The lowest BCUT2D eigenvalue weighted by Gasteiger charge is -2.27. The summed E-state index contributed by atoms with van der Waals surface area (Å²) >= 11 is 1.78. The van der Waals surface area contributed by atoms with E-state index in [9.17, 15) is 0 Å². The molecule has 2 atom stereocenters. The van der Waals surface area contributed by atoms with Crippen molar-refractivity contribution in [2.45, 2.75) is 36.7 Å². The van der Waals surface area contributed by atoms with Crippen molar-refractivity contribution in [2.24, 2.45) is 0 Å². The number of rotatable bonds is 4. The van der Waals surface area contributed by atoms with Gasteiger partial charge < -0.3 is 10.1 Å². The molecular formula is C14H21NOS. The lowest BCUT2D eigenvalue weighted by Crippen LogP contribution is -2.38. The van der Waals surface area contributed by atoms with E-state index in [1.54, 1.807) is 11.8 Å². The second-order valence-electron chi connectivity index (χ2n) is 4.58. The van der Waals surface area contributed by atoms with E-state index >= 15 is 0 Å². The Balaban J connectivity index is 1.91. The highest BCUT2D eigenvalue weighted by molar-refractivity contribution is 7.98. The zero-order chi connectivity index (χ0) is 12.1. The summed E-state index contributed by atoms with van der Waals surface area (Å²) in [5, 5.41) is 3.64. The van der Waals surface area contributed by atoms with Gasteiger partial charge in [-0.05, 0) is 43.7 Å². The van der Waals surface area contributed by atoms with Crippen molar-refractivity contribution in [1.29, 1.82) is 0 Å². The maximum atomic E-state index is 5.49. The molecule has 3 heteroatoms. The number of hydrogen-bond donors (Lipinski definition) is 1. The highest BCUT2D eigenvalue weighted by atomic mass is 32.2. The fourth-order valence-corrected chi connectivity index (χ4v) is 2.62. The summed E-state index contributed by atoms with van der Waals surface area (Å²) in [4.78, 5) is 1.32. The van der Waals surface area contributed by atoms with Gasteiger partial charge in [-0.25, -0.2) is 0 Å². The van der Waals surface area contributed by atoms with Crippen molar-refractivity contribution in [3.05, 3.63) is 29.8 Å². The molecule has 94 valence electrons. The van der Waals surface area contributed by atoms with Gasteiger partial charge in [0, 0.05) is 23.6 Å². The van der Waals surface area contributed by atoms with Crippen LogP contribution in [0.5, 0.6) is 0 Å². The van der Waals surface area contributed by atoms with Crippen molar-refractivity contribution >= 4 is 11.8 Å². The average molecular weight is 251 g/mol. The van der Waals surface area contributed by atoms with E-state index in [2.05, 4.69) is 42.8 Å². The Kier molecular flexibility index (Phi) is 4.89. The second kappa shape index (κ2) is 6.43. The van der Waals surface area contributed by atoms with Crippen molar-refractivity contribution < 1.29 is 4.74 Å². The zero-order valence-corrected chi connectivity index (χ0v) is 11.4. The number of thioether (sulfide) groups is 1. The molecule has 1 fully saturated rings. The van der Waals surface area contributed by atoms with Crippen LogP contribution in [0.1, 0.15) is 31.4 Å². The standard InChI is InChI=1S/C14H21NOS/c1-11(15-13-4-3-9-16-10-13)12-5-7-14(17-2)8-6-12/h5-8,11,13,15H,3-4,9-10H2,1-2H3/t11-,13?/m0/s1. The Labute approximate surface area is 108 Å². The SMILES string of the molecule is CSc1ccc([C@H](C)NC2CCCOC2)cc1. The van der Waals surface area contributed by atoms with Crippen molar-refractivity contribution in [1.82, 2.24) is 5.32 Å². The van der Waals surface area contributed by atoms with E-state index in [-0.39, 0.29) is 0 Å². The van der Waals surface area contributed by atoms with Crippen LogP contribution in [0.3, 0.4) is 0 Å². The third kappa shape index (κ3) is 3.73. The lowest BCUT2D eigenvalue weighted by molar-refractivity contribution is 0.0671. The molecule has 0 aromatic heterocycles. The van der Waals surface area contributed by atoms with Gasteiger partial charge in [-0.2, -0.15) is 0 Å². The number of benzene rings is 1. The Bertz CT molecular complexity index is 333. The molecule has 2 nitrogen and oxygen atoms in total. The van der Waals surface area contributed by atoms with Gasteiger partial charge >= 0.3 is 0 Å². The smallest absolute Gasteiger partial charge is 0.0619 e. The quantitative estimate of drug-likeness (QED) is 0.830. The first-order valence-electron chi connectivity index (χ1n) is 6.27. The predicted molar refractivity (Wildman–Crippen MR) is 73.6 cm³/mol. The third-order valence-electron chi connectivity index (χ3n) is 3.26. The van der Waals surface area contributed by atoms with Gasteiger partial charge in [-0.15, -0.1) is 11.8 Å². The topological polar surface area (TPSA) is 21.3 Å². The maximum Gasteiger partial charge on any atom is 0.0619 e. The fourth-order valence-electron chi connectivity index (χ4n) is 2.21. The van der Waals surface area contributed by atoms with Crippen molar-refractivity contribution in [2.75, 3.05) is 19.5 Å². The Hall–Kier alpha value is -0.510. The van der Waals surface area contributed by atoms with Gasteiger partial charge in [-0.1, -0.05) is 12.1 Å². The summed E-state index contributed by atoms with van der Waals surface area (Å²) in [7, 11) is 0. The Morgan fingerprint density at radius 1 is 1.35 bits per heavy atom.